The maximum absolute atomic E-state index is 12.8. The summed E-state index contributed by atoms with van der Waals surface area (Å²) in [4.78, 5) is 32.7. The van der Waals surface area contributed by atoms with Crippen LogP contribution in [-0.4, -0.2) is 82.8 Å². The van der Waals surface area contributed by atoms with E-state index in [4.69, 9.17) is 4.74 Å². The molecule has 1 aromatic carbocycles. The Morgan fingerprint density at radius 3 is 2.79 bits per heavy atom. The number of benzene rings is 1. The lowest BCUT2D eigenvalue weighted by Gasteiger charge is -2.23. The molecule has 0 saturated heterocycles. The normalized spacial score (nSPS) is 15.9. The van der Waals surface area contributed by atoms with Crippen LogP contribution in [0.25, 0.3) is 11.0 Å². The Balaban J connectivity index is 1.83. The van der Waals surface area contributed by atoms with Gasteiger partial charge in [0.15, 0.2) is 5.88 Å². The highest BCUT2D eigenvalue weighted by molar-refractivity contribution is 6.06. The van der Waals surface area contributed by atoms with Gasteiger partial charge in [0.1, 0.15) is 23.5 Å². The van der Waals surface area contributed by atoms with E-state index in [9.17, 15) is 9.90 Å². The topological polar surface area (TPSA) is 119 Å². The van der Waals surface area contributed by atoms with Gasteiger partial charge in [0.05, 0.1) is 30.3 Å². The first-order chi connectivity index (χ1) is 16.4. The summed E-state index contributed by atoms with van der Waals surface area (Å²) in [6.45, 7) is 4.20. The quantitative estimate of drug-likeness (QED) is 0.532. The molecule has 0 unspecified atom stereocenters. The van der Waals surface area contributed by atoms with Crippen LogP contribution in [0.15, 0.2) is 23.5 Å². The standard InChI is InChI=1S/C24H31N7O3/c1-5-17-15-9-16(10-19(17)34-4)26-11-18-21-22(27-14-28-23(21)29-24(18)33)25-7-6-8-31(3)20(32)13-30(2)12-15/h9-11,14,33H,5-8,12-13H2,1-4H3,(H2,25,27,28,29). The fourth-order valence-corrected chi connectivity index (χ4v) is 4.26. The van der Waals surface area contributed by atoms with E-state index in [-0.39, 0.29) is 11.8 Å². The second-order valence-electron chi connectivity index (χ2n) is 8.50. The molecule has 10 nitrogen and oxygen atoms in total. The summed E-state index contributed by atoms with van der Waals surface area (Å²) in [5.41, 5.74) is 3.84. The third-order valence-corrected chi connectivity index (χ3v) is 6.04. The third-order valence-electron chi connectivity index (χ3n) is 6.04. The number of amides is 1. The van der Waals surface area contributed by atoms with Gasteiger partial charge in [0.2, 0.25) is 5.91 Å². The number of rotatable bonds is 2. The summed E-state index contributed by atoms with van der Waals surface area (Å²) in [6, 6.07) is 3.88. The van der Waals surface area contributed by atoms with E-state index in [2.05, 4.69) is 32.2 Å². The number of fused-ring (bicyclic) bond motifs is 2. The fourth-order valence-electron chi connectivity index (χ4n) is 4.26. The number of methoxy groups -OCH3 is 1. The van der Waals surface area contributed by atoms with Crippen molar-refractivity contribution in [3.05, 3.63) is 35.2 Å². The van der Waals surface area contributed by atoms with Crippen LogP contribution in [0.3, 0.4) is 0 Å². The van der Waals surface area contributed by atoms with E-state index in [0.29, 0.717) is 54.3 Å². The van der Waals surface area contributed by atoms with Gasteiger partial charge in [-0.2, -0.15) is 0 Å². The molecule has 1 aliphatic rings. The van der Waals surface area contributed by atoms with Crippen LogP contribution >= 0.6 is 0 Å². The molecule has 34 heavy (non-hydrogen) atoms. The number of carbonyl (C=O) groups excluding carboxylic acids is 1. The summed E-state index contributed by atoms with van der Waals surface area (Å²) >= 11 is 0. The SMILES string of the molecule is CCc1c2cc(cc1OC)N=Cc1c(O)[nH]c3ncnc(c13)NCCCN(C)C(=O)CN(C)C2. The molecule has 3 aromatic rings. The van der Waals surface area contributed by atoms with Crippen molar-refractivity contribution < 1.29 is 14.6 Å². The Labute approximate surface area is 198 Å². The average Bonchev–Trinajstić information content (AvgIpc) is 3.14. The fraction of sp³-hybridized carbons (Fsp3) is 0.417. The zero-order chi connectivity index (χ0) is 24.2. The van der Waals surface area contributed by atoms with Gasteiger partial charge < -0.3 is 25.0 Å². The Morgan fingerprint density at radius 1 is 1.21 bits per heavy atom. The summed E-state index contributed by atoms with van der Waals surface area (Å²) in [6.07, 6.45) is 4.59. The molecule has 0 aliphatic carbocycles. The lowest BCUT2D eigenvalue weighted by atomic mass is 10.0. The van der Waals surface area contributed by atoms with Crippen LogP contribution in [-0.2, 0) is 17.8 Å². The maximum Gasteiger partial charge on any atom is 0.236 e. The molecule has 0 fully saturated rings. The number of anilines is 1. The number of hydrogen-bond donors (Lipinski definition) is 3. The zero-order valence-corrected chi connectivity index (χ0v) is 20.1. The Bertz CT molecular complexity index is 1220. The third kappa shape index (κ3) is 4.81. The van der Waals surface area contributed by atoms with Gasteiger partial charge in [-0.3, -0.25) is 14.7 Å². The van der Waals surface area contributed by atoms with E-state index in [1.165, 1.54) is 6.33 Å². The number of nitrogens with one attached hydrogen (secondary N) is 2. The van der Waals surface area contributed by atoms with E-state index in [0.717, 1.165) is 29.7 Å². The van der Waals surface area contributed by atoms with Gasteiger partial charge in [0.25, 0.3) is 0 Å². The van der Waals surface area contributed by atoms with Crippen LogP contribution in [0.2, 0.25) is 0 Å². The summed E-state index contributed by atoms with van der Waals surface area (Å²) < 4.78 is 5.66. The second kappa shape index (κ2) is 10.1. The van der Waals surface area contributed by atoms with Gasteiger partial charge in [0, 0.05) is 39.0 Å². The average molecular weight is 466 g/mol. The number of H-pyrrole nitrogens is 1. The van der Waals surface area contributed by atoms with Crippen molar-refractivity contribution >= 4 is 34.7 Å². The van der Waals surface area contributed by atoms with Crippen molar-refractivity contribution in [2.75, 3.05) is 46.2 Å². The molecule has 3 heterocycles. The molecule has 0 atom stereocenters. The van der Waals surface area contributed by atoms with E-state index < -0.39 is 0 Å². The van der Waals surface area contributed by atoms with Crippen molar-refractivity contribution in [2.24, 2.45) is 4.99 Å². The lowest BCUT2D eigenvalue weighted by Crippen LogP contribution is -2.37. The van der Waals surface area contributed by atoms with Crippen LogP contribution in [0.1, 0.15) is 30.0 Å². The predicted octanol–water partition coefficient (Wildman–Crippen LogP) is 2.69. The number of aromatic hydroxyl groups is 1. The first-order valence-corrected chi connectivity index (χ1v) is 11.4. The van der Waals surface area contributed by atoms with Crippen molar-refractivity contribution in [1.82, 2.24) is 24.8 Å². The maximum atomic E-state index is 12.8. The zero-order valence-electron chi connectivity index (χ0n) is 20.1. The largest absolute Gasteiger partial charge is 0.496 e. The Morgan fingerprint density at radius 2 is 2.03 bits per heavy atom. The molecular weight excluding hydrogens is 434 g/mol. The van der Waals surface area contributed by atoms with Gasteiger partial charge in [-0.25, -0.2) is 9.97 Å². The van der Waals surface area contributed by atoms with Crippen molar-refractivity contribution in [2.45, 2.75) is 26.3 Å². The minimum Gasteiger partial charge on any atom is -0.496 e. The first kappa shape index (κ1) is 23.5. The highest BCUT2D eigenvalue weighted by Crippen LogP contribution is 2.33. The minimum absolute atomic E-state index is 0.0253. The number of aromatic nitrogens is 3. The van der Waals surface area contributed by atoms with E-state index >= 15 is 0 Å². The number of aliphatic imine (C=N–C) groups is 1. The number of hydrogen-bond acceptors (Lipinski definition) is 8. The van der Waals surface area contributed by atoms with Crippen molar-refractivity contribution in [3.8, 4) is 11.6 Å². The number of ether oxygens (including phenoxy) is 1. The van der Waals surface area contributed by atoms with Gasteiger partial charge in [-0.1, -0.05) is 6.92 Å². The highest BCUT2D eigenvalue weighted by atomic mass is 16.5. The van der Waals surface area contributed by atoms with Gasteiger partial charge >= 0.3 is 0 Å². The molecule has 4 rings (SSSR count). The predicted molar refractivity (Wildman–Crippen MR) is 132 cm³/mol. The van der Waals surface area contributed by atoms with Gasteiger partial charge in [-0.15, -0.1) is 0 Å². The van der Waals surface area contributed by atoms with Crippen LogP contribution in [0.4, 0.5) is 11.5 Å². The molecule has 3 N–H and O–H groups in total. The smallest absolute Gasteiger partial charge is 0.236 e. The highest BCUT2D eigenvalue weighted by Gasteiger charge is 2.18. The molecule has 1 amide bonds. The molecule has 0 spiro atoms. The first-order valence-electron chi connectivity index (χ1n) is 11.4. The number of likely N-dealkylation sites (N-methyl/N-ethyl adjacent to an activating group) is 2. The molecular formula is C24H31N7O3. The van der Waals surface area contributed by atoms with Gasteiger partial charge in [-0.05, 0) is 37.1 Å². The molecule has 180 valence electrons. The monoisotopic (exact) mass is 465 g/mol. The lowest BCUT2D eigenvalue weighted by molar-refractivity contribution is -0.130. The van der Waals surface area contributed by atoms with Crippen molar-refractivity contribution in [1.29, 1.82) is 0 Å². The Kier molecular flexibility index (Phi) is 6.97. The molecule has 0 radical (unpaired) electrons. The van der Waals surface area contributed by atoms with Crippen LogP contribution in [0, 0.1) is 0 Å². The summed E-state index contributed by atoms with van der Waals surface area (Å²) in [5, 5.41) is 14.5. The molecule has 2 bridgehead atoms. The number of carbonyl (C=O) groups is 1. The Hall–Kier alpha value is -3.66. The van der Waals surface area contributed by atoms with E-state index in [1.807, 2.05) is 31.1 Å². The van der Waals surface area contributed by atoms with Crippen molar-refractivity contribution in [3.63, 3.8) is 0 Å². The summed E-state index contributed by atoms with van der Waals surface area (Å²) in [7, 11) is 5.40. The van der Waals surface area contributed by atoms with E-state index in [1.54, 1.807) is 18.2 Å². The second-order valence-corrected chi connectivity index (χ2v) is 8.50. The molecule has 1 aliphatic heterocycles. The number of nitrogens with zero attached hydrogens (tertiary/aromatic N) is 5. The van der Waals surface area contributed by atoms with Crippen LogP contribution in [0.5, 0.6) is 11.6 Å². The number of aromatic amines is 1. The minimum atomic E-state index is -0.0253. The molecule has 0 saturated carbocycles. The molecule has 10 heteroatoms. The van der Waals surface area contributed by atoms with Crippen LogP contribution < -0.4 is 10.1 Å². The molecule has 2 aromatic heterocycles. The summed E-state index contributed by atoms with van der Waals surface area (Å²) in [5.74, 6) is 1.38.